The number of ether oxygens (including phenoxy) is 2. The first-order valence-electron chi connectivity index (χ1n) is 11.8. The molecule has 0 aliphatic carbocycles. The minimum Gasteiger partial charge on any atom is -0.490 e. The van der Waals surface area contributed by atoms with E-state index in [1.54, 1.807) is 35.8 Å². The lowest BCUT2D eigenvalue weighted by Crippen LogP contribution is -2.29. The minimum absolute atomic E-state index is 0.0479. The molecule has 1 aliphatic heterocycles. The molecule has 5 rings (SSSR count). The van der Waals surface area contributed by atoms with Crippen LogP contribution in [0.25, 0.3) is 11.0 Å². The molecule has 7 nitrogen and oxygen atoms in total. The first kappa shape index (κ1) is 23.1. The van der Waals surface area contributed by atoms with Gasteiger partial charge in [-0.15, -0.1) is 11.3 Å². The van der Waals surface area contributed by atoms with Gasteiger partial charge in [0.1, 0.15) is 5.58 Å². The van der Waals surface area contributed by atoms with E-state index in [1.807, 2.05) is 25.1 Å². The number of hydrogen-bond acceptors (Lipinski definition) is 7. The Balaban J connectivity index is 1.64. The number of para-hydroxylation sites is 1. The maximum absolute atomic E-state index is 13.6. The SMILES string of the molecule is CCCCCOc1ccc(C2c3c(oc4ccccc4c3=O)C(=O)N2c2nccs2)cc1OCC. The summed E-state index contributed by atoms with van der Waals surface area (Å²) in [6, 6.07) is 11.8. The molecule has 2 aromatic heterocycles. The number of thiazole rings is 1. The number of hydrogen-bond donors (Lipinski definition) is 0. The standard InChI is InChI=1S/C27H26N2O5S/c1-3-5-8-14-33-20-12-11-17(16-21(20)32-4-2)23-22-24(30)18-9-6-7-10-19(18)34-25(22)26(31)29(23)27-28-13-15-35-27/h6-7,9-13,15-16,23H,3-5,8,14H2,1-2H3. The molecular weight excluding hydrogens is 464 g/mol. The zero-order valence-corrected chi connectivity index (χ0v) is 20.5. The summed E-state index contributed by atoms with van der Waals surface area (Å²) in [4.78, 5) is 33.1. The largest absolute Gasteiger partial charge is 0.490 e. The van der Waals surface area contributed by atoms with Gasteiger partial charge in [-0.3, -0.25) is 14.5 Å². The molecule has 0 bridgehead atoms. The van der Waals surface area contributed by atoms with Crippen molar-refractivity contribution >= 4 is 33.3 Å². The van der Waals surface area contributed by atoms with Gasteiger partial charge < -0.3 is 13.9 Å². The fraction of sp³-hybridized carbons (Fsp3) is 0.296. The molecule has 2 aromatic carbocycles. The summed E-state index contributed by atoms with van der Waals surface area (Å²) >= 11 is 1.33. The maximum atomic E-state index is 13.6. The lowest BCUT2D eigenvalue weighted by atomic mass is 9.98. The van der Waals surface area contributed by atoms with Crippen LogP contribution in [0.3, 0.4) is 0 Å². The van der Waals surface area contributed by atoms with Crippen molar-refractivity contribution < 1.29 is 18.7 Å². The van der Waals surface area contributed by atoms with Crippen LogP contribution < -0.4 is 19.8 Å². The minimum atomic E-state index is -0.696. The van der Waals surface area contributed by atoms with E-state index in [9.17, 15) is 9.59 Å². The van der Waals surface area contributed by atoms with Crippen molar-refractivity contribution in [2.45, 2.75) is 39.2 Å². The highest BCUT2D eigenvalue weighted by atomic mass is 32.1. The van der Waals surface area contributed by atoms with Crippen LogP contribution >= 0.6 is 11.3 Å². The van der Waals surface area contributed by atoms with Gasteiger partial charge in [0.2, 0.25) is 5.76 Å². The summed E-state index contributed by atoms with van der Waals surface area (Å²) in [5.74, 6) is 0.877. The Morgan fingerprint density at radius 3 is 2.69 bits per heavy atom. The molecule has 0 radical (unpaired) electrons. The molecule has 8 heteroatoms. The van der Waals surface area contributed by atoms with Gasteiger partial charge in [0, 0.05) is 11.6 Å². The van der Waals surface area contributed by atoms with Gasteiger partial charge >= 0.3 is 0 Å². The number of rotatable bonds is 9. The number of carbonyl (C=O) groups excluding carboxylic acids is 1. The highest BCUT2D eigenvalue weighted by Gasteiger charge is 2.45. The molecule has 0 saturated carbocycles. The molecule has 0 fully saturated rings. The van der Waals surface area contributed by atoms with Gasteiger partial charge in [-0.05, 0) is 43.2 Å². The molecule has 0 N–H and O–H groups in total. The van der Waals surface area contributed by atoms with Gasteiger partial charge in [-0.2, -0.15) is 0 Å². The number of aromatic nitrogens is 1. The van der Waals surface area contributed by atoms with E-state index in [-0.39, 0.29) is 17.1 Å². The average molecular weight is 491 g/mol. The number of carbonyl (C=O) groups is 1. The van der Waals surface area contributed by atoms with Crippen molar-refractivity contribution in [3.8, 4) is 11.5 Å². The molecule has 180 valence electrons. The molecule has 1 unspecified atom stereocenters. The van der Waals surface area contributed by atoms with Crippen LogP contribution in [0.5, 0.6) is 11.5 Å². The first-order chi connectivity index (χ1) is 17.1. The van der Waals surface area contributed by atoms with E-state index in [2.05, 4.69) is 11.9 Å². The Hall–Kier alpha value is -3.65. The smallest absolute Gasteiger partial charge is 0.297 e. The van der Waals surface area contributed by atoms with Crippen LogP contribution in [0.4, 0.5) is 5.13 Å². The summed E-state index contributed by atoms with van der Waals surface area (Å²) in [6.07, 6.45) is 4.80. The zero-order valence-electron chi connectivity index (χ0n) is 19.7. The van der Waals surface area contributed by atoms with Crippen LogP contribution in [0, 0.1) is 0 Å². The topological polar surface area (TPSA) is 81.9 Å². The third kappa shape index (κ3) is 4.18. The maximum Gasteiger partial charge on any atom is 0.297 e. The molecule has 35 heavy (non-hydrogen) atoms. The fourth-order valence-corrected chi connectivity index (χ4v) is 5.05. The first-order valence-corrected chi connectivity index (χ1v) is 12.7. The Kier molecular flexibility index (Phi) is 6.55. The number of anilines is 1. The fourth-order valence-electron chi connectivity index (χ4n) is 4.38. The molecule has 4 aromatic rings. The van der Waals surface area contributed by atoms with Gasteiger partial charge in [-0.25, -0.2) is 4.98 Å². The third-order valence-corrected chi connectivity index (χ3v) is 6.76. The lowest BCUT2D eigenvalue weighted by molar-refractivity contribution is 0.0971. The van der Waals surface area contributed by atoms with Crippen molar-refractivity contribution in [3.05, 3.63) is 81.2 Å². The van der Waals surface area contributed by atoms with E-state index in [4.69, 9.17) is 13.9 Å². The summed E-state index contributed by atoms with van der Waals surface area (Å²) in [6.45, 7) is 5.11. The van der Waals surface area contributed by atoms with E-state index < -0.39 is 6.04 Å². The van der Waals surface area contributed by atoms with E-state index in [0.29, 0.717) is 46.4 Å². The predicted molar refractivity (Wildman–Crippen MR) is 136 cm³/mol. The quantitative estimate of drug-likeness (QED) is 0.269. The highest BCUT2D eigenvalue weighted by molar-refractivity contribution is 7.13. The molecular formula is C27H26N2O5S. The number of unbranched alkanes of at least 4 members (excludes halogenated alkanes) is 2. The molecule has 0 spiro atoms. The van der Waals surface area contributed by atoms with Gasteiger partial charge in [-0.1, -0.05) is 38.0 Å². The molecule has 0 saturated heterocycles. The number of fused-ring (bicyclic) bond motifs is 2. The van der Waals surface area contributed by atoms with Gasteiger partial charge in [0.05, 0.1) is 30.2 Å². The van der Waals surface area contributed by atoms with Crippen LogP contribution in [0.15, 0.2) is 63.3 Å². The lowest BCUT2D eigenvalue weighted by Gasteiger charge is -2.23. The summed E-state index contributed by atoms with van der Waals surface area (Å²) in [5.41, 5.74) is 1.19. The Bertz CT molecular complexity index is 1410. The van der Waals surface area contributed by atoms with Crippen molar-refractivity contribution in [2.24, 2.45) is 0 Å². The molecule has 1 aliphatic rings. The van der Waals surface area contributed by atoms with Crippen molar-refractivity contribution in [1.29, 1.82) is 0 Å². The number of amides is 1. The normalized spacial score (nSPS) is 15.0. The van der Waals surface area contributed by atoms with Crippen LogP contribution in [0.1, 0.15) is 60.8 Å². The third-order valence-electron chi connectivity index (χ3n) is 5.99. The monoisotopic (exact) mass is 490 g/mol. The second-order valence-electron chi connectivity index (χ2n) is 8.26. The van der Waals surface area contributed by atoms with Crippen LogP contribution in [0.2, 0.25) is 0 Å². The number of nitrogens with zero attached hydrogens (tertiary/aromatic N) is 2. The zero-order chi connectivity index (χ0) is 24.4. The highest BCUT2D eigenvalue weighted by Crippen LogP contribution is 2.43. The average Bonchev–Trinajstić information content (AvgIpc) is 3.50. The summed E-state index contributed by atoms with van der Waals surface area (Å²) in [5, 5.41) is 2.73. The van der Waals surface area contributed by atoms with E-state index >= 15 is 0 Å². The van der Waals surface area contributed by atoms with Crippen molar-refractivity contribution in [1.82, 2.24) is 4.98 Å². The Morgan fingerprint density at radius 2 is 1.91 bits per heavy atom. The summed E-state index contributed by atoms with van der Waals surface area (Å²) < 4.78 is 17.9. The molecule has 1 amide bonds. The second kappa shape index (κ2) is 9.92. The van der Waals surface area contributed by atoms with Crippen LogP contribution in [-0.4, -0.2) is 24.1 Å². The predicted octanol–water partition coefficient (Wildman–Crippen LogP) is 5.97. The summed E-state index contributed by atoms with van der Waals surface area (Å²) in [7, 11) is 0. The van der Waals surface area contributed by atoms with Gasteiger partial charge in [0.25, 0.3) is 5.91 Å². The Labute approximate surface area is 206 Å². The Morgan fingerprint density at radius 1 is 1.06 bits per heavy atom. The van der Waals surface area contributed by atoms with E-state index in [1.165, 1.54) is 16.2 Å². The molecule has 3 heterocycles. The van der Waals surface area contributed by atoms with Crippen molar-refractivity contribution in [3.63, 3.8) is 0 Å². The van der Waals surface area contributed by atoms with Gasteiger partial charge in [0.15, 0.2) is 22.1 Å². The number of benzene rings is 2. The van der Waals surface area contributed by atoms with Crippen molar-refractivity contribution in [2.75, 3.05) is 18.1 Å². The van der Waals surface area contributed by atoms with Crippen LogP contribution in [-0.2, 0) is 0 Å². The second-order valence-corrected chi connectivity index (χ2v) is 9.13. The molecule has 1 atom stereocenters. The van der Waals surface area contributed by atoms with E-state index in [0.717, 1.165) is 24.8 Å².